The SMILES string of the molecule is CN(C1CCCCC1)S(=O)(=O)c1ccc(C(=O)NC2CCCNC2)cc1.Cl. The zero-order valence-corrected chi connectivity index (χ0v) is 17.4. The van der Waals surface area contributed by atoms with E-state index in [0.717, 1.165) is 51.6 Å². The van der Waals surface area contributed by atoms with Crippen molar-refractivity contribution < 1.29 is 13.2 Å². The minimum absolute atomic E-state index is 0. The van der Waals surface area contributed by atoms with Crippen LogP contribution in [-0.4, -0.2) is 50.9 Å². The van der Waals surface area contributed by atoms with Gasteiger partial charge in [0.15, 0.2) is 0 Å². The number of nitrogens with zero attached hydrogens (tertiary/aromatic N) is 1. The summed E-state index contributed by atoms with van der Waals surface area (Å²) in [4.78, 5) is 12.6. The third-order valence-electron chi connectivity index (χ3n) is 5.51. The number of rotatable bonds is 5. The molecule has 2 aliphatic rings. The fourth-order valence-corrected chi connectivity index (χ4v) is 5.25. The van der Waals surface area contributed by atoms with Crippen molar-refractivity contribution in [3.05, 3.63) is 29.8 Å². The molecule has 0 aromatic heterocycles. The predicted octanol–water partition coefficient (Wildman–Crippen LogP) is 2.54. The summed E-state index contributed by atoms with van der Waals surface area (Å²) in [6.45, 7) is 1.78. The van der Waals surface area contributed by atoms with Gasteiger partial charge in [0.05, 0.1) is 4.90 Å². The van der Waals surface area contributed by atoms with Crippen molar-refractivity contribution in [3.63, 3.8) is 0 Å². The molecule has 1 saturated carbocycles. The van der Waals surface area contributed by atoms with Gasteiger partial charge in [0.1, 0.15) is 0 Å². The van der Waals surface area contributed by atoms with Crippen LogP contribution in [0, 0.1) is 0 Å². The molecular weight excluding hydrogens is 386 g/mol. The molecule has 2 N–H and O–H groups in total. The van der Waals surface area contributed by atoms with Gasteiger partial charge in [-0.15, -0.1) is 12.4 Å². The monoisotopic (exact) mass is 415 g/mol. The number of amides is 1. The highest BCUT2D eigenvalue weighted by Crippen LogP contribution is 2.26. The van der Waals surface area contributed by atoms with Crippen LogP contribution in [0.25, 0.3) is 0 Å². The zero-order chi connectivity index (χ0) is 18.6. The molecule has 1 aliphatic heterocycles. The van der Waals surface area contributed by atoms with Crippen LogP contribution in [0.3, 0.4) is 0 Å². The van der Waals surface area contributed by atoms with Gasteiger partial charge in [-0.2, -0.15) is 4.31 Å². The first kappa shape index (κ1) is 22.1. The topological polar surface area (TPSA) is 78.5 Å². The predicted molar refractivity (Wildman–Crippen MR) is 109 cm³/mol. The molecule has 0 bridgehead atoms. The second-order valence-electron chi connectivity index (χ2n) is 7.35. The Morgan fingerprint density at radius 3 is 2.33 bits per heavy atom. The van der Waals surface area contributed by atoms with Crippen LogP contribution >= 0.6 is 12.4 Å². The maximum atomic E-state index is 12.8. The van der Waals surface area contributed by atoms with Crippen LogP contribution in [0.1, 0.15) is 55.3 Å². The van der Waals surface area contributed by atoms with E-state index in [-0.39, 0.29) is 35.3 Å². The third kappa shape index (κ3) is 5.44. The van der Waals surface area contributed by atoms with E-state index < -0.39 is 10.0 Å². The average Bonchev–Trinajstić information content (AvgIpc) is 2.69. The lowest BCUT2D eigenvalue weighted by molar-refractivity contribution is 0.0930. The van der Waals surface area contributed by atoms with Crippen molar-refractivity contribution in [2.24, 2.45) is 0 Å². The molecule has 1 atom stereocenters. The molecule has 1 aliphatic carbocycles. The van der Waals surface area contributed by atoms with Crippen molar-refractivity contribution >= 4 is 28.3 Å². The number of halogens is 1. The molecule has 1 aromatic rings. The number of carbonyl (C=O) groups excluding carboxylic acids is 1. The van der Waals surface area contributed by atoms with E-state index in [1.54, 1.807) is 31.3 Å². The Morgan fingerprint density at radius 2 is 1.74 bits per heavy atom. The summed E-state index contributed by atoms with van der Waals surface area (Å²) in [5.74, 6) is -0.150. The normalized spacial score (nSPS) is 21.5. The van der Waals surface area contributed by atoms with Gasteiger partial charge >= 0.3 is 0 Å². The van der Waals surface area contributed by atoms with Gasteiger partial charge in [-0.1, -0.05) is 19.3 Å². The van der Waals surface area contributed by atoms with Crippen molar-refractivity contribution in [1.29, 1.82) is 0 Å². The van der Waals surface area contributed by atoms with E-state index in [2.05, 4.69) is 10.6 Å². The molecule has 1 saturated heterocycles. The summed E-state index contributed by atoms with van der Waals surface area (Å²) >= 11 is 0. The van der Waals surface area contributed by atoms with E-state index >= 15 is 0 Å². The van der Waals surface area contributed by atoms with Crippen LogP contribution in [0.5, 0.6) is 0 Å². The Bertz CT molecular complexity index is 712. The van der Waals surface area contributed by atoms with Gasteiger partial charge in [0.25, 0.3) is 5.91 Å². The molecule has 152 valence electrons. The standard InChI is InChI=1S/C19H29N3O3S.ClH/c1-22(17-7-3-2-4-8-17)26(24,25)18-11-9-15(10-12-18)19(23)21-16-6-5-13-20-14-16;/h9-12,16-17,20H,2-8,13-14H2,1H3,(H,21,23);1H. The van der Waals surface area contributed by atoms with Crippen molar-refractivity contribution in [2.75, 3.05) is 20.1 Å². The molecule has 0 spiro atoms. The fourth-order valence-electron chi connectivity index (χ4n) is 3.83. The van der Waals surface area contributed by atoms with Crippen molar-refractivity contribution in [3.8, 4) is 0 Å². The van der Waals surface area contributed by atoms with E-state index in [1.807, 2.05) is 0 Å². The molecule has 2 fully saturated rings. The minimum atomic E-state index is -3.52. The lowest BCUT2D eigenvalue weighted by atomic mass is 9.96. The van der Waals surface area contributed by atoms with Crippen LogP contribution in [0.2, 0.25) is 0 Å². The average molecular weight is 416 g/mol. The zero-order valence-electron chi connectivity index (χ0n) is 15.8. The first-order chi connectivity index (χ1) is 12.5. The van der Waals surface area contributed by atoms with Gasteiger partial charge < -0.3 is 10.6 Å². The smallest absolute Gasteiger partial charge is 0.251 e. The largest absolute Gasteiger partial charge is 0.348 e. The van der Waals surface area contributed by atoms with Gasteiger partial charge in [0, 0.05) is 31.2 Å². The van der Waals surface area contributed by atoms with E-state index in [1.165, 1.54) is 10.7 Å². The first-order valence-electron chi connectivity index (χ1n) is 9.58. The Labute approximate surface area is 168 Å². The highest BCUT2D eigenvalue weighted by atomic mass is 35.5. The summed E-state index contributed by atoms with van der Waals surface area (Å²) in [6.07, 6.45) is 7.22. The number of benzene rings is 1. The molecule has 3 rings (SSSR count). The number of sulfonamides is 1. The molecular formula is C19H30ClN3O3S. The summed E-state index contributed by atoms with van der Waals surface area (Å²) in [5.41, 5.74) is 0.495. The number of nitrogens with one attached hydrogen (secondary N) is 2. The maximum Gasteiger partial charge on any atom is 0.251 e. The highest BCUT2D eigenvalue weighted by molar-refractivity contribution is 7.89. The molecule has 27 heavy (non-hydrogen) atoms. The Morgan fingerprint density at radius 1 is 1.07 bits per heavy atom. The maximum absolute atomic E-state index is 12.8. The molecule has 0 radical (unpaired) electrons. The summed E-state index contributed by atoms with van der Waals surface area (Å²) in [6, 6.07) is 6.51. The van der Waals surface area contributed by atoms with Gasteiger partial charge in [0.2, 0.25) is 10.0 Å². The summed E-state index contributed by atoms with van der Waals surface area (Å²) in [7, 11) is -1.85. The lowest BCUT2D eigenvalue weighted by Crippen LogP contribution is -2.45. The van der Waals surface area contributed by atoms with E-state index in [4.69, 9.17) is 0 Å². The van der Waals surface area contributed by atoms with Crippen LogP contribution in [0.4, 0.5) is 0 Å². The minimum Gasteiger partial charge on any atom is -0.348 e. The molecule has 6 nitrogen and oxygen atoms in total. The lowest BCUT2D eigenvalue weighted by Gasteiger charge is -2.30. The van der Waals surface area contributed by atoms with E-state index in [9.17, 15) is 13.2 Å². The Balaban J connectivity index is 0.00000261. The molecule has 1 unspecified atom stereocenters. The van der Waals surface area contributed by atoms with Gasteiger partial charge in [-0.05, 0) is 56.5 Å². The fraction of sp³-hybridized carbons (Fsp3) is 0.632. The molecule has 1 heterocycles. The Kier molecular flexibility index (Phi) is 8.09. The quantitative estimate of drug-likeness (QED) is 0.774. The number of carbonyl (C=O) groups is 1. The van der Waals surface area contributed by atoms with Crippen LogP contribution in [0.15, 0.2) is 29.2 Å². The third-order valence-corrected chi connectivity index (χ3v) is 7.44. The molecule has 1 aromatic carbocycles. The molecule has 1 amide bonds. The Hall–Kier alpha value is -1.15. The van der Waals surface area contributed by atoms with E-state index in [0.29, 0.717) is 5.56 Å². The second-order valence-corrected chi connectivity index (χ2v) is 9.35. The summed E-state index contributed by atoms with van der Waals surface area (Å²) in [5, 5.41) is 6.27. The molecule has 8 heteroatoms. The van der Waals surface area contributed by atoms with Gasteiger partial charge in [-0.25, -0.2) is 8.42 Å². The van der Waals surface area contributed by atoms with Crippen LogP contribution < -0.4 is 10.6 Å². The second kappa shape index (κ2) is 9.87. The number of hydrogen-bond acceptors (Lipinski definition) is 4. The van der Waals surface area contributed by atoms with Crippen LogP contribution in [-0.2, 0) is 10.0 Å². The first-order valence-corrected chi connectivity index (χ1v) is 11.0. The number of piperidine rings is 1. The van der Waals surface area contributed by atoms with Crippen molar-refractivity contribution in [2.45, 2.75) is 61.9 Å². The summed E-state index contributed by atoms with van der Waals surface area (Å²) < 4.78 is 27.2. The number of hydrogen-bond donors (Lipinski definition) is 2. The van der Waals surface area contributed by atoms with Crippen molar-refractivity contribution in [1.82, 2.24) is 14.9 Å². The highest BCUT2D eigenvalue weighted by Gasteiger charge is 2.29. The van der Waals surface area contributed by atoms with Gasteiger partial charge in [-0.3, -0.25) is 4.79 Å².